The van der Waals surface area contributed by atoms with Crippen molar-refractivity contribution in [3.8, 4) is 0 Å². The molecule has 1 aliphatic rings. The molecule has 0 N–H and O–H groups in total. The molecule has 0 aromatic rings. The smallest absolute Gasteiger partial charge is 0.0251 e. The third-order valence-electron chi connectivity index (χ3n) is 2.60. The second-order valence-corrected chi connectivity index (χ2v) is 3.94. The molecule has 0 aromatic heterocycles. The van der Waals surface area contributed by atoms with Crippen LogP contribution in [0.4, 0.5) is 0 Å². The van der Waals surface area contributed by atoms with Gasteiger partial charge in [0.05, 0.1) is 0 Å². The van der Waals surface area contributed by atoms with Crippen LogP contribution in [0.3, 0.4) is 0 Å². The van der Waals surface area contributed by atoms with E-state index < -0.39 is 0 Å². The molecule has 10 heavy (non-hydrogen) atoms. The highest BCUT2D eigenvalue weighted by molar-refractivity contribution is 6.18. The second kappa shape index (κ2) is 4.23. The molecule has 0 nitrogen and oxygen atoms in total. The Bertz CT molecular complexity index is 90.7. The largest absolute Gasteiger partial charge is 0.126 e. The SMILES string of the molecule is CC1CCCC(CCl)CC1. The number of hydrogen-bond acceptors (Lipinski definition) is 0. The first kappa shape index (κ1) is 8.39. The van der Waals surface area contributed by atoms with Gasteiger partial charge in [-0.3, -0.25) is 0 Å². The van der Waals surface area contributed by atoms with Crippen LogP contribution in [0.1, 0.15) is 39.0 Å². The molecular weight excluding hydrogens is 144 g/mol. The average molecular weight is 161 g/mol. The van der Waals surface area contributed by atoms with Gasteiger partial charge >= 0.3 is 0 Å². The summed E-state index contributed by atoms with van der Waals surface area (Å²) in [7, 11) is 0. The van der Waals surface area contributed by atoms with Gasteiger partial charge < -0.3 is 0 Å². The monoisotopic (exact) mass is 160 g/mol. The van der Waals surface area contributed by atoms with E-state index in [0.717, 1.165) is 17.7 Å². The third-order valence-corrected chi connectivity index (χ3v) is 3.03. The van der Waals surface area contributed by atoms with Crippen LogP contribution in [0.25, 0.3) is 0 Å². The van der Waals surface area contributed by atoms with E-state index in [9.17, 15) is 0 Å². The summed E-state index contributed by atoms with van der Waals surface area (Å²) >= 11 is 5.80. The van der Waals surface area contributed by atoms with Crippen molar-refractivity contribution in [3.05, 3.63) is 0 Å². The zero-order valence-corrected chi connectivity index (χ0v) is 7.53. The molecular formula is C9H17Cl. The van der Waals surface area contributed by atoms with Gasteiger partial charge in [0, 0.05) is 5.88 Å². The fourth-order valence-electron chi connectivity index (χ4n) is 1.72. The van der Waals surface area contributed by atoms with Crippen LogP contribution in [-0.4, -0.2) is 5.88 Å². The molecule has 1 rings (SSSR count). The zero-order chi connectivity index (χ0) is 7.40. The van der Waals surface area contributed by atoms with Crippen molar-refractivity contribution in [2.45, 2.75) is 39.0 Å². The Labute approximate surface area is 69.0 Å². The standard InChI is InChI=1S/C9H17Cl/c1-8-3-2-4-9(7-10)6-5-8/h8-9H,2-7H2,1H3. The van der Waals surface area contributed by atoms with E-state index in [4.69, 9.17) is 11.6 Å². The summed E-state index contributed by atoms with van der Waals surface area (Å²) in [5.41, 5.74) is 0. The topological polar surface area (TPSA) is 0 Å². The molecule has 2 atom stereocenters. The second-order valence-electron chi connectivity index (χ2n) is 3.63. The highest BCUT2D eigenvalue weighted by atomic mass is 35.5. The van der Waals surface area contributed by atoms with Gasteiger partial charge in [-0.2, -0.15) is 0 Å². The predicted molar refractivity (Wildman–Crippen MR) is 46.5 cm³/mol. The molecule has 0 saturated heterocycles. The minimum atomic E-state index is 0.826. The molecule has 0 amide bonds. The Morgan fingerprint density at radius 3 is 2.70 bits per heavy atom. The maximum atomic E-state index is 5.80. The summed E-state index contributed by atoms with van der Waals surface area (Å²) in [6.45, 7) is 2.36. The highest BCUT2D eigenvalue weighted by Gasteiger charge is 2.14. The van der Waals surface area contributed by atoms with E-state index in [2.05, 4.69) is 6.92 Å². The summed E-state index contributed by atoms with van der Waals surface area (Å²) in [6.07, 6.45) is 6.96. The van der Waals surface area contributed by atoms with Gasteiger partial charge in [0.25, 0.3) is 0 Å². The van der Waals surface area contributed by atoms with Gasteiger partial charge in [-0.05, 0) is 24.7 Å². The molecule has 0 bridgehead atoms. The van der Waals surface area contributed by atoms with Gasteiger partial charge in [-0.15, -0.1) is 11.6 Å². The van der Waals surface area contributed by atoms with Crippen molar-refractivity contribution in [3.63, 3.8) is 0 Å². The van der Waals surface area contributed by atoms with Crippen LogP contribution in [0.2, 0.25) is 0 Å². The van der Waals surface area contributed by atoms with E-state index in [-0.39, 0.29) is 0 Å². The van der Waals surface area contributed by atoms with E-state index in [0.29, 0.717) is 0 Å². The van der Waals surface area contributed by atoms with E-state index in [1.807, 2.05) is 0 Å². The lowest BCUT2D eigenvalue weighted by Gasteiger charge is -2.08. The van der Waals surface area contributed by atoms with Gasteiger partial charge in [0.2, 0.25) is 0 Å². The molecule has 1 saturated carbocycles. The summed E-state index contributed by atoms with van der Waals surface area (Å²) in [5, 5.41) is 0. The van der Waals surface area contributed by atoms with Crippen LogP contribution in [-0.2, 0) is 0 Å². The number of halogens is 1. The lowest BCUT2D eigenvalue weighted by molar-refractivity contribution is 0.479. The van der Waals surface area contributed by atoms with Crippen molar-refractivity contribution in [1.29, 1.82) is 0 Å². The van der Waals surface area contributed by atoms with Crippen LogP contribution in [0.15, 0.2) is 0 Å². The van der Waals surface area contributed by atoms with Gasteiger partial charge in [0.15, 0.2) is 0 Å². The molecule has 60 valence electrons. The summed E-state index contributed by atoms with van der Waals surface area (Å²) in [6, 6.07) is 0. The zero-order valence-electron chi connectivity index (χ0n) is 6.78. The number of rotatable bonds is 1. The highest BCUT2D eigenvalue weighted by Crippen LogP contribution is 2.27. The third kappa shape index (κ3) is 2.49. The fraction of sp³-hybridized carbons (Fsp3) is 1.00. The first-order valence-corrected chi connectivity index (χ1v) is 4.92. The van der Waals surface area contributed by atoms with Crippen molar-refractivity contribution in [1.82, 2.24) is 0 Å². The quantitative estimate of drug-likeness (QED) is 0.407. The Hall–Kier alpha value is 0.290. The van der Waals surface area contributed by atoms with Gasteiger partial charge in [-0.25, -0.2) is 0 Å². The van der Waals surface area contributed by atoms with Crippen LogP contribution < -0.4 is 0 Å². The molecule has 0 heterocycles. The minimum Gasteiger partial charge on any atom is -0.126 e. The molecule has 0 aromatic carbocycles. The Morgan fingerprint density at radius 2 is 2.00 bits per heavy atom. The molecule has 0 spiro atoms. The molecule has 1 aliphatic carbocycles. The van der Waals surface area contributed by atoms with E-state index in [1.54, 1.807) is 0 Å². The molecule has 1 heteroatoms. The lowest BCUT2D eigenvalue weighted by Crippen LogP contribution is -1.99. The first-order chi connectivity index (χ1) is 4.83. The van der Waals surface area contributed by atoms with Crippen LogP contribution in [0.5, 0.6) is 0 Å². The van der Waals surface area contributed by atoms with Crippen molar-refractivity contribution >= 4 is 11.6 Å². The minimum absolute atomic E-state index is 0.826. The van der Waals surface area contributed by atoms with Gasteiger partial charge in [0.1, 0.15) is 0 Å². The summed E-state index contributed by atoms with van der Waals surface area (Å²) in [4.78, 5) is 0. The molecule has 0 radical (unpaired) electrons. The van der Waals surface area contributed by atoms with Crippen molar-refractivity contribution in [2.75, 3.05) is 5.88 Å². The maximum Gasteiger partial charge on any atom is 0.0251 e. The summed E-state index contributed by atoms with van der Waals surface area (Å²) in [5.74, 6) is 2.66. The average Bonchev–Trinajstić information content (AvgIpc) is 2.14. The van der Waals surface area contributed by atoms with Crippen LogP contribution >= 0.6 is 11.6 Å². The van der Waals surface area contributed by atoms with E-state index in [1.165, 1.54) is 32.1 Å². The fourth-order valence-corrected chi connectivity index (χ4v) is 2.03. The first-order valence-electron chi connectivity index (χ1n) is 4.39. The lowest BCUT2D eigenvalue weighted by atomic mass is 10.0. The van der Waals surface area contributed by atoms with Crippen LogP contribution in [0, 0.1) is 11.8 Å². The van der Waals surface area contributed by atoms with Gasteiger partial charge in [-0.1, -0.05) is 26.2 Å². The van der Waals surface area contributed by atoms with Crippen molar-refractivity contribution < 1.29 is 0 Å². The Balaban J connectivity index is 2.26. The number of alkyl halides is 1. The molecule has 0 aliphatic heterocycles. The summed E-state index contributed by atoms with van der Waals surface area (Å²) < 4.78 is 0. The van der Waals surface area contributed by atoms with Crippen molar-refractivity contribution in [2.24, 2.45) is 11.8 Å². The predicted octanol–water partition coefficient (Wildman–Crippen LogP) is 3.44. The molecule has 2 unspecified atom stereocenters. The normalized spacial score (nSPS) is 35.4. The number of hydrogen-bond donors (Lipinski definition) is 0. The molecule has 1 fully saturated rings. The Morgan fingerprint density at radius 1 is 1.20 bits per heavy atom. The van der Waals surface area contributed by atoms with E-state index >= 15 is 0 Å². The maximum absolute atomic E-state index is 5.80. The Kier molecular flexibility index (Phi) is 3.55.